The topological polar surface area (TPSA) is 107 Å². The van der Waals surface area contributed by atoms with Gasteiger partial charge in [-0.05, 0) is 24.6 Å². The molecule has 0 saturated carbocycles. The molecule has 3 rings (SSSR count). The zero-order valence-corrected chi connectivity index (χ0v) is 13.6. The van der Waals surface area contributed by atoms with Gasteiger partial charge in [0.05, 0.1) is 0 Å². The number of anilines is 2. The summed E-state index contributed by atoms with van der Waals surface area (Å²) >= 11 is 0. The predicted molar refractivity (Wildman–Crippen MR) is 90.1 cm³/mol. The van der Waals surface area contributed by atoms with Crippen molar-refractivity contribution < 1.29 is 9.15 Å². The van der Waals surface area contributed by atoms with E-state index in [1.165, 1.54) is 6.07 Å². The fraction of sp³-hybridized carbons (Fsp3) is 0.250. The fourth-order valence-electron chi connectivity index (χ4n) is 2.23. The lowest BCUT2D eigenvalue weighted by Gasteiger charge is -2.12. The normalized spacial score (nSPS) is 10.8. The molecule has 3 aromatic rings. The first-order valence-electron chi connectivity index (χ1n) is 7.27. The van der Waals surface area contributed by atoms with Crippen molar-refractivity contribution in [3.8, 4) is 5.75 Å². The van der Waals surface area contributed by atoms with Gasteiger partial charge in [0.25, 0.3) is 0 Å². The van der Waals surface area contributed by atoms with E-state index in [9.17, 15) is 4.79 Å². The predicted octanol–water partition coefficient (Wildman–Crippen LogP) is 1.51. The highest BCUT2D eigenvalue weighted by Gasteiger charge is 2.08. The number of nitrogens with two attached hydrogens (primary N) is 1. The summed E-state index contributed by atoms with van der Waals surface area (Å²) in [6, 6.07) is 6.77. The SMILES string of the molecule is Cc1cc(=O)oc2cc(OCc3nc(N)nc(N(C)C)n3)ccc12. The number of aryl methyl sites for hydroxylation is 1. The summed E-state index contributed by atoms with van der Waals surface area (Å²) in [6.45, 7) is 1.98. The van der Waals surface area contributed by atoms with Crippen LogP contribution >= 0.6 is 0 Å². The number of ether oxygens (including phenoxy) is 1. The van der Waals surface area contributed by atoms with Gasteiger partial charge in [0.15, 0.2) is 5.82 Å². The van der Waals surface area contributed by atoms with Crippen molar-refractivity contribution in [3.63, 3.8) is 0 Å². The van der Waals surface area contributed by atoms with E-state index in [0.29, 0.717) is 23.1 Å². The minimum atomic E-state index is -0.391. The molecule has 2 aromatic heterocycles. The Hall–Kier alpha value is -3.16. The molecule has 0 aliphatic carbocycles. The zero-order valence-electron chi connectivity index (χ0n) is 13.6. The Kier molecular flexibility index (Phi) is 4.03. The Labute approximate surface area is 137 Å². The third-order valence-corrected chi connectivity index (χ3v) is 3.38. The molecule has 0 radical (unpaired) electrons. The first-order chi connectivity index (χ1) is 11.4. The maximum atomic E-state index is 11.5. The van der Waals surface area contributed by atoms with Gasteiger partial charge < -0.3 is 19.8 Å². The lowest BCUT2D eigenvalue weighted by Crippen LogP contribution is -2.16. The number of fused-ring (bicyclic) bond motifs is 1. The maximum absolute atomic E-state index is 11.5. The second-order valence-electron chi connectivity index (χ2n) is 5.50. The summed E-state index contributed by atoms with van der Waals surface area (Å²) in [4.78, 5) is 25.6. The van der Waals surface area contributed by atoms with Gasteiger partial charge in [-0.25, -0.2) is 4.79 Å². The summed E-state index contributed by atoms with van der Waals surface area (Å²) in [7, 11) is 3.63. The number of nitrogen functional groups attached to an aromatic ring is 1. The van der Waals surface area contributed by atoms with E-state index in [1.54, 1.807) is 17.0 Å². The Bertz CT molecular complexity index is 952. The van der Waals surface area contributed by atoms with E-state index in [0.717, 1.165) is 10.9 Å². The fourth-order valence-corrected chi connectivity index (χ4v) is 2.23. The molecule has 0 aliphatic heterocycles. The molecule has 0 spiro atoms. The van der Waals surface area contributed by atoms with E-state index < -0.39 is 5.63 Å². The van der Waals surface area contributed by atoms with Crippen molar-refractivity contribution in [2.24, 2.45) is 0 Å². The van der Waals surface area contributed by atoms with Crippen LogP contribution in [0.25, 0.3) is 11.0 Å². The molecular weight excluding hydrogens is 310 g/mol. The van der Waals surface area contributed by atoms with Gasteiger partial charge in [-0.15, -0.1) is 0 Å². The first kappa shape index (κ1) is 15.7. The molecule has 0 fully saturated rings. The molecule has 8 nitrogen and oxygen atoms in total. The van der Waals surface area contributed by atoms with Crippen LogP contribution in [0.4, 0.5) is 11.9 Å². The number of rotatable bonds is 4. The number of aromatic nitrogens is 3. The molecule has 0 amide bonds. The summed E-state index contributed by atoms with van der Waals surface area (Å²) in [5.74, 6) is 1.55. The molecule has 8 heteroatoms. The van der Waals surface area contributed by atoms with E-state index >= 15 is 0 Å². The van der Waals surface area contributed by atoms with Gasteiger partial charge in [-0.3, -0.25) is 0 Å². The minimum absolute atomic E-state index is 0.120. The Balaban J connectivity index is 1.84. The van der Waals surface area contributed by atoms with Gasteiger partial charge in [0, 0.05) is 31.6 Å². The maximum Gasteiger partial charge on any atom is 0.336 e. The second-order valence-corrected chi connectivity index (χ2v) is 5.50. The molecule has 0 aliphatic rings. The second kappa shape index (κ2) is 6.15. The molecule has 2 N–H and O–H groups in total. The number of benzene rings is 1. The monoisotopic (exact) mass is 327 g/mol. The highest BCUT2D eigenvalue weighted by atomic mass is 16.5. The van der Waals surface area contributed by atoms with Crippen LogP contribution in [-0.2, 0) is 6.61 Å². The van der Waals surface area contributed by atoms with Crippen molar-refractivity contribution in [1.82, 2.24) is 15.0 Å². The summed E-state index contributed by atoms with van der Waals surface area (Å²) < 4.78 is 10.9. The van der Waals surface area contributed by atoms with Crippen LogP contribution in [0.3, 0.4) is 0 Å². The van der Waals surface area contributed by atoms with Crippen molar-refractivity contribution in [1.29, 1.82) is 0 Å². The van der Waals surface area contributed by atoms with Crippen LogP contribution in [-0.4, -0.2) is 29.0 Å². The molecule has 0 saturated heterocycles. The standard InChI is InChI=1S/C16H17N5O3/c1-9-6-14(22)24-12-7-10(4-5-11(9)12)23-8-13-18-15(17)20-16(19-13)21(2)3/h4-7H,8H2,1-3H3,(H2,17,18,19,20). The number of hydrogen-bond acceptors (Lipinski definition) is 8. The van der Waals surface area contributed by atoms with Crippen molar-refractivity contribution >= 4 is 22.9 Å². The van der Waals surface area contributed by atoms with Gasteiger partial charge in [-0.1, -0.05) is 0 Å². The Morgan fingerprint density at radius 1 is 1.21 bits per heavy atom. The lowest BCUT2D eigenvalue weighted by molar-refractivity contribution is 0.295. The van der Waals surface area contributed by atoms with Gasteiger partial charge >= 0.3 is 5.63 Å². The lowest BCUT2D eigenvalue weighted by atomic mass is 10.1. The smallest absolute Gasteiger partial charge is 0.336 e. The molecule has 0 unspecified atom stereocenters. The number of nitrogens with zero attached hydrogens (tertiary/aromatic N) is 4. The molecule has 1 aromatic carbocycles. The molecular formula is C16H17N5O3. The van der Waals surface area contributed by atoms with Crippen LogP contribution in [0, 0.1) is 6.92 Å². The molecule has 0 bridgehead atoms. The van der Waals surface area contributed by atoms with Crippen LogP contribution in [0.1, 0.15) is 11.4 Å². The quantitative estimate of drug-likeness (QED) is 0.719. The average molecular weight is 327 g/mol. The van der Waals surface area contributed by atoms with Crippen molar-refractivity contribution in [2.75, 3.05) is 24.7 Å². The molecule has 24 heavy (non-hydrogen) atoms. The van der Waals surface area contributed by atoms with Gasteiger partial charge in [0.1, 0.15) is 17.9 Å². The van der Waals surface area contributed by atoms with Gasteiger partial charge in [0.2, 0.25) is 11.9 Å². The van der Waals surface area contributed by atoms with Crippen LogP contribution in [0.2, 0.25) is 0 Å². The third-order valence-electron chi connectivity index (χ3n) is 3.38. The average Bonchev–Trinajstić information content (AvgIpc) is 2.51. The third kappa shape index (κ3) is 3.27. The van der Waals surface area contributed by atoms with E-state index in [-0.39, 0.29) is 12.6 Å². The Morgan fingerprint density at radius 3 is 2.75 bits per heavy atom. The van der Waals surface area contributed by atoms with E-state index in [2.05, 4.69) is 15.0 Å². The first-order valence-corrected chi connectivity index (χ1v) is 7.27. The minimum Gasteiger partial charge on any atom is -0.485 e. The van der Waals surface area contributed by atoms with Crippen LogP contribution in [0.5, 0.6) is 5.75 Å². The molecule has 0 atom stereocenters. The highest BCUT2D eigenvalue weighted by molar-refractivity contribution is 5.81. The van der Waals surface area contributed by atoms with Crippen molar-refractivity contribution in [2.45, 2.75) is 13.5 Å². The summed E-state index contributed by atoms with van der Waals surface area (Å²) in [6.07, 6.45) is 0. The van der Waals surface area contributed by atoms with Crippen LogP contribution < -0.4 is 21.0 Å². The number of hydrogen-bond donors (Lipinski definition) is 1. The Morgan fingerprint density at radius 2 is 2.00 bits per heavy atom. The molecule has 124 valence electrons. The largest absolute Gasteiger partial charge is 0.485 e. The summed E-state index contributed by atoms with van der Waals surface area (Å²) in [5, 5.41) is 0.862. The van der Waals surface area contributed by atoms with Crippen LogP contribution in [0.15, 0.2) is 33.5 Å². The zero-order chi connectivity index (χ0) is 17.3. The highest BCUT2D eigenvalue weighted by Crippen LogP contribution is 2.22. The van der Waals surface area contributed by atoms with Gasteiger partial charge in [-0.2, -0.15) is 15.0 Å². The molecule has 2 heterocycles. The van der Waals surface area contributed by atoms with E-state index in [4.69, 9.17) is 14.9 Å². The van der Waals surface area contributed by atoms with E-state index in [1.807, 2.05) is 27.1 Å². The summed E-state index contributed by atoms with van der Waals surface area (Å²) in [5.41, 5.74) is 6.62. The van der Waals surface area contributed by atoms with Crippen molar-refractivity contribution in [3.05, 3.63) is 46.1 Å².